The van der Waals surface area contributed by atoms with Gasteiger partial charge in [0, 0.05) is 16.9 Å². The maximum Gasteiger partial charge on any atom is 0.124 e. The molecule has 0 aliphatic carbocycles. The van der Waals surface area contributed by atoms with Crippen LogP contribution >= 0.6 is 11.8 Å². The van der Waals surface area contributed by atoms with Gasteiger partial charge in [0.15, 0.2) is 0 Å². The molecular formula is C18H34O2S. The summed E-state index contributed by atoms with van der Waals surface area (Å²) in [6.45, 7) is 3.89. The van der Waals surface area contributed by atoms with Gasteiger partial charge in [-0.1, -0.05) is 71.1 Å². The fourth-order valence-electron chi connectivity index (χ4n) is 2.96. The zero-order valence-electron chi connectivity index (χ0n) is 13.9. The normalized spacial score (nSPS) is 20.3. The second-order valence-electron chi connectivity index (χ2n) is 6.25. The number of thioether (sulfide) groups is 1. The number of aldehydes is 1. The topological polar surface area (TPSA) is 26.3 Å². The van der Waals surface area contributed by atoms with Crippen LogP contribution in [-0.2, 0) is 9.53 Å². The van der Waals surface area contributed by atoms with E-state index in [2.05, 4.69) is 6.92 Å². The molecule has 1 aliphatic rings. The van der Waals surface area contributed by atoms with Crippen molar-refractivity contribution in [3.8, 4) is 0 Å². The molecule has 1 saturated heterocycles. The Hall–Kier alpha value is -0.0200. The summed E-state index contributed by atoms with van der Waals surface area (Å²) in [5.41, 5.74) is 0. The van der Waals surface area contributed by atoms with Gasteiger partial charge in [-0.3, -0.25) is 0 Å². The SMILES string of the molecule is CCCCCCCCCCCCC(C=O)C1COCCS1. The Kier molecular flexibility index (Phi) is 12.3. The van der Waals surface area contributed by atoms with Gasteiger partial charge in [0.25, 0.3) is 0 Å². The first-order valence-corrected chi connectivity index (χ1v) is 10.1. The van der Waals surface area contributed by atoms with Gasteiger partial charge in [-0.25, -0.2) is 0 Å². The molecule has 3 heteroatoms. The number of carbonyl (C=O) groups is 1. The van der Waals surface area contributed by atoms with E-state index in [0.717, 1.165) is 25.4 Å². The molecular weight excluding hydrogens is 280 g/mol. The monoisotopic (exact) mass is 314 g/mol. The molecule has 0 aromatic rings. The fourth-order valence-corrected chi connectivity index (χ4v) is 4.12. The van der Waals surface area contributed by atoms with Crippen molar-refractivity contribution >= 4 is 18.0 Å². The minimum absolute atomic E-state index is 0.212. The Labute approximate surface area is 135 Å². The number of hydrogen-bond acceptors (Lipinski definition) is 3. The lowest BCUT2D eigenvalue weighted by Gasteiger charge is -2.26. The molecule has 21 heavy (non-hydrogen) atoms. The second-order valence-corrected chi connectivity index (χ2v) is 7.60. The average Bonchev–Trinajstić information content (AvgIpc) is 2.54. The molecule has 124 valence electrons. The molecule has 0 radical (unpaired) electrons. The summed E-state index contributed by atoms with van der Waals surface area (Å²) in [7, 11) is 0. The van der Waals surface area contributed by atoms with Gasteiger partial charge in [-0.05, 0) is 6.42 Å². The van der Waals surface area contributed by atoms with Gasteiger partial charge >= 0.3 is 0 Å². The van der Waals surface area contributed by atoms with E-state index in [1.165, 1.54) is 70.5 Å². The summed E-state index contributed by atoms with van der Waals surface area (Å²) in [6.07, 6.45) is 15.8. The molecule has 0 aromatic heterocycles. The Balaban J connectivity index is 1.91. The van der Waals surface area contributed by atoms with Crippen molar-refractivity contribution in [1.82, 2.24) is 0 Å². The quantitative estimate of drug-likeness (QED) is 0.343. The van der Waals surface area contributed by atoms with E-state index >= 15 is 0 Å². The molecule has 1 aliphatic heterocycles. The maximum atomic E-state index is 11.2. The predicted octanol–water partition coefficient (Wildman–Crippen LogP) is 5.24. The summed E-state index contributed by atoms with van der Waals surface area (Å²) >= 11 is 1.92. The molecule has 0 N–H and O–H groups in total. The van der Waals surface area contributed by atoms with Crippen LogP contribution in [0.3, 0.4) is 0 Å². The number of hydrogen-bond donors (Lipinski definition) is 0. The molecule has 2 nitrogen and oxygen atoms in total. The molecule has 1 fully saturated rings. The zero-order valence-corrected chi connectivity index (χ0v) is 14.7. The van der Waals surface area contributed by atoms with Crippen LogP contribution in [0.4, 0.5) is 0 Å². The second kappa shape index (κ2) is 13.6. The van der Waals surface area contributed by atoms with Crippen molar-refractivity contribution in [2.45, 2.75) is 82.8 Å². The molecule has 2 atom stereocenters. The van der Waals surface area contributed by atoms with Crippen molar-refractivity contribution in [2.75, 3.05) is 19.0 Å². The predicted molar refractivity (Wildman–Crippen MR) is 93.1 cm³/mol. The van der Waals surface area contributed by atoms with Gasteiger partial charge in [0.1, 0.15) is 6.29 Å². The highest BCUT2D eigenvalue weighted by atomic mass is 32.2. The molecule has 0 aromatic carbocycles. The van der Waals surface area contributed by atoms with Crippen molar-refractivity contribution in [2.24, 2.45) is 5.92 Å². The van der Waals surface area contributed by atoms with Gasteiger partial charge in [-0.2, -0.15) is 11.8 Å². The third kappa shape index (κ3) is 9.57. The minimum atomic E-state index is 0.212. The Morgan fingerprint density at radius 2 is 1.67 bits per heavy atom. The summed E-state index contributed by atoms with van der Waals surface area (Å²) < 4.78 is 5.48. The molecule has 1 rings (SSSR count). The zero-order chi connectivity index (χ0) is 15.2. The summed E-state index contributed by atoms with van der Waals surface area (Å²) in [5.74, 6) is 1.26. The lowest BCUT2D eigenvalue weighted by atomic mass is 9.98. The van der Waals surface area contributed by atoms with Crippen LogP contribution in [-0.4, -0.2) is 30.5 Å². The van der Waals surface area contributed by atoms with Crippen molar-refractivity contribution in [3.05, 3.63) is 0 Å². The standard InChI is InChI=1S/C18H34O2S/c1-2-3-4-5-6-7-8-9-10-11-12-17(15-19)18-16-20-13-14-21-18/h15,17-18H,2-14,16H2,1H3. The molecule has 1 heterocycles. The number of carbonyl (C=O) groups excluding carboxylic acids is 1. The van der Waals surface area contributed by atoms with Crippen LogP contribution in [0.15, 0.2) is 0 Å². The van der Waals surface area contributed by atoms with E-state index in [1.54, 1.807) is 0 Å². The molecule has 2 unspecified atom stereocenters. The van der Waals surface area contributed by atoms with Gasteiger partial charge in [0.2, 0.25) is 0 Å². The first kappa shape index (κ1) is 19.0. The maximum absolute atomic E-state index is 11.2. The summed E-state index contributed by atoms with van der Waals surface area (Å²) in [6, 6.07) is 0. The van der Waals surface area contributed by atoms with Crippen molar-refractivity contribution in [3.63, 3.8) is 0 Å². The van der Waals surface area contributed by atoms with E-state index in [0.29, 0.717) is 5.25 Å². The minimum Gasteiger partial charge on any atom is -0.379 e. The first-order chi connectivity index (χ1) is 10.4. The number of rotatable bonds is 13. The Morgan fingerprint density at radius 3 is 2.19 bits per heavy atom. The van der Waals surface area contributed by atoms with E-state index < -0.39 is 0 Å². The van der Waals surface area contributed by atoms with E-state index in [4.69, 9.17) is 4.74 Å². The van der Waals surface area contributed by atoms with Crippen LogP contribution in [0.25, 0.3) is 0 Å². The number of unbranched alkanes of at least 4 members (excludes halogenated alkanes) is 9. The lowest BCUT2D eigenvalue weighted by molar-refractivity contribution is -0.111. The lowest BCUT2D eigenvalue weighted by Crippen LogP contribution is -2.29. The molecule has 0 bridgehead atoms. The van der Waals surface area contributed by atoms with Crippen molar-refractivity contribution in [1.29, 1.82) is 0 Å². The highest BCUT2D eigenvalue weighted by Gasteiger charge is 2.23. The van der Waals surface area contributed by atoms with Gasteiger partial charge in [0.05, 0.1) is 13.2 Å². The van der Waals surface area contributed by atoms with E-state index in [9.17, 15) is 4.79 Å². The Bertz CT molecular complexity index is 239. The van der Waals surface area contributed by atoms with Crippen LogP contribution < -0.4 is 0 Å². The third-order valence-electron chi connectivity index (χ3n) is 4.39. The third-order valence-corrected chi connectivity index (χ3v) is 5.70. The van der Waals surface area contributed by atoms with Crippen LogP contribution in [0, 0.1) is 5.92 Å². The van der Waals surface area contributed by atoms with Crippen LogP contribution in [0.1, 0.15) is 77.6 Å². The fraction of sp³-hybridized carbons (Fsp3) is 0.944. The van der Waals surface area contributed by atoms with E-state index in [1.807, 2.05) is 11.8 Å². The Morgan fingerprint density at radius 1 is 1.05 bits per heavy atom. The smallest absolute Gasteiger partial charge is 0.124 e. The number of ether oxygens (including phenoxy) is 1. The largest absolute Gasteiger partial charge is 0.379 e. The first-order valence-electron chi connectivity index (χ1n) is 9.03. The van der Waals surface area contributed by atoms with E-state index in [-0.39, 0.29) is 5.92 Å². The molecule has 0 spiro atoms. The summed E-state index contributed by atoms with van der Waals surface area (Å²) in [5, 5.41) is 0.412. The van der Waals surface area contributed by atoms with Gasteiger partial charge in [-0.15, -0.1) is 0 Å². The van der Waals surface area contributed by atoms with Crippen LogP contribution in [0.2, 0.25) is 0 Å². The molecule has 0 saturated carbocycles. The van der Waals surface area contributed by atoms with Crippen molar-refractivity contribution < 1.29 is 9.53 Å². The highest BCUT2D eigenvalue weighted by Crippen LogP contribution is 2.26. The average molecular weight is 315 g/mol. The molecule has 0 amide bonds. The summed E-state index contributed by atoms with van der Waals surface area (Å²) in [4.78, 5) is 11.2. The highest BCUT2D eigenvalue weighted by molar-refractivity contribution is 8.00. The van der Waals surface area contributed by atoms with Gasteiger partial charge < -0.3 is 9.53 Å². The van der Waals surface area contributed by atoms with Crippen LogP contribution in [0.5, 0.6) is 0 Å².